The minimum atomic E-state index is -0.518. The van der Waals surface area contributed by atoms with Crippen LogP contribution in [0.3, 0.4) is 0 Å². The number of hydrogen-bond donors (Lipinski definition) is 1. The van der Waals surface area contributed by atoms with Crippen LogP contribution in [0.25, 0.3) is 0 Å². The van der Waals surface area contributed by atoms with Crippen molar-refractivity contribution in [1.82, 2.24) is 10.2 Å². The van der Waals surface area contributed by atoms with Gasteiger partial charge in [0, 0.05) is 24.1 Å². The fraction of sp³-hybridized carbons (Fsp3) is 0.529. The second-order valence-corrected chi connectivity index (χ2v) is 7.13. The van der Waals surface area contributed by atoms with Gasteiger partial charge in [0.05, 0.1) is 5.69 Å². The highest BCUT2D eigenvalue weighted by atomic mass is 79.9. The van der Waals surface area contributed by atoms with Crippen molar-refractivity contribution in [3.63, 3.8) is 0 Å². The summed E-state index contributed by atoms with van der Waals surface area (Å²) in [4.78, 5) is 29.0. The van der Waals surface area contributed by atoms with Gasteiger partial charge >= 0.3 is 0 Å². The normalized spacial score (nSPS) is 23.5. The molecule has 24 heavy (non-hydrogen) atoms. The fourth-order valence-electron chi connectivity index (χ4n) is 3.53. The third-order valence-electron chi connectivity index (χ3n) is 4.74. The van der Waals surface area contributed by atoms with Crippen LogP contribution < -0.4 is 10.2 Å². The standard InChI is InChI=1S/C17H22BrN3O2.ClH/c1-19-10-12-6-8-20(11-12)16(22)13-7-9-21(17(13)23)15-5-3-2-4-14(15)18;/h2-5,12-13,19H,6-11H2,1H3;1H. The van der Waals surface area contributed by atoms with Crippen molar-refractivity contribution in [2.24, 2.45) is 11.8 Å². The molecule has 5 nitrogen and oxygen atoms in total. The Labute approximate surface area is 157 Å². The van der Waals surface area contributed by atoms with E-state index in [1.54, 1.807) is 4.90 Å². The summed E-state index contributed by atoms with van der Waals surface area (Å²) in [5, 5.41) is 3.16. The van der Waals surface area contributed by atoms with E-state index in [1.807, 2.05) is 36.2 Å². The summed E-state index contributed by atoms with van der Waals surface area (Å²) in [5.74, 6) is -0.0857. The molecule has 0 spiro atoms. The van der Waals surface area contributed by atoms with Crippen molar-refractivity contribution < 1.29 is 9.59 Å². The van der Waals surface area contributed by atoms with Gasteiger partial charge in [-0.3, -0.25) is 9.59 Å². The highest BCUT2D eigenvalue weighted by Gasteiger charge is 2.41. The smallest absolute Gasteiger partial charge is 0.239 e. The first-order chi connectivity index (χ1) is 11.1. The summed E-state index contributed by atoms with van der Waals surface area (Å²) in [6.45, 7) is 3.06. The van der Waals surface area contributed by atoms with Crippen LogP contribution in [-0.2, 0) is 9.59 Å². The predicted octanol–water partition coefficient (Wildman–Crippen LogP) is 2.29. The van der Waals surface area contributed by atoms with Gasteiger partial charge < -0.3 is 15.1 Å². The van der Waals surface area contributed by atoms with Crippen LogP contribution in [0.2, 0.25) is 0 Å². The van der Waals surface area contributed by atoms with Gasteiger partial charge in [0.1, 0.15) is 5.92 Å². The summed E-state index contributed by atoms with van der Waals surface area (Å²) >= 11 is 3.49. The van der Waals surface area contributed by atoms with Crippen molar-refractivity contribution in [1.29, 1.82) is 0 Å². The molecule has 2 aliphatic heterocycles. The molecular weight excluding hydrogens is 394 g/mol. The molecule has 0 aromatic heterocycles. The highest BCUT2D eigenvalue weighted by Crippen LogP contribution is 2.32. The second kappa shape index (κ2) is 8.32. The number of likely N-dealkylation sites (tertiary alicyclic amines) is 1. The van der Waals surface area contributed by atoms with E-state index in [0.29, 0.717) is 18.9 Å². The molecule has 2 unspecified atom stereocenters. The number of benzene rings is 1. The van der Waals surface area contributed by atoms with E-state index < -0.39 is 5.92 Å². The summed E-state index contributed by atoms with van der Waals surface area (Å²) in [5.41, 5.74) is 0.849. The van der Waals surface area contributed by atoms with Gasteiger partial charge in [-0.15, -0.1) is 12.4 Å². The average molecular weight is 417 g/mol. The average Bonchev–Trinajstić information content (AvgIpc) is 3.15. The van der Waals surface area contributed by atoms with Crippen LogP contribution in [-0.4, -0.2) is 49.9 Å². The summed E-state index contributed by atoms with van der Waals surface area (Å²) in [6, 6.07) is 7.66. The molecule has 0 aliphatic carbocycles. The number of para-hydroxylation sites is 1. The van der Waals surface area contributed by atoms with Crippen molar-refractivity contribution in [3.8, 4) is 0 Å². The van der Waals surface area contributed by atoms with Gasteiger partial charge in [-0.1, -0.05) is 12.1 Å². The van der Waals surface area contributed by atoms with Crippen LogP contribution in [0, 0.1) is 11.8 Å². The van der Waals surface area contributed by atoms with Gasteiger partial charge in [-0.25, -0.2) is 0 Å². The van der Waals surface area contributed by atoms with Gasteiger partial charge in [0.25, 0.3) is 0 Å². The SMILES string of the molecule is CNCC1CCN(C(=O)C2CCN(c3ccccc3Br)C2=O)C1.Cl. The maximum absolute atomic E-state index is 12.7. The van der Waals surface area contributed by atoms with Gasteiger partial charge in [0.15, 0.2) is 0 Å². The Hall–Kier alpha value is -1.11. The predicted molar refractivity (Wildman–Crippen MR) is 100 cm³/mol. The topological polar surface area (TPSA) is 52.7 Å². The molecule has 0 radical (unpaired) electrons. The number of hydrogen-bond acceptors (Lipinski definition) is 3. The minimum absolute atomic E-state index is 0. The molecule has 7 heteroatoms. The van der Waals surface area contributed by atoms with Gasteiger partial charge in [0.2, 0.25) is 11.8 Å². The second-order valence-electron chi connectivity index (χ2n) is 6.28. The first kappa shape index (κ1) is 19.2. The largest absolute Gasteiger partial charge is 0.342 e. The molecule has 1 N–H and O–H groups in total. The monoisotopic (exact) mass is 415 g/mol. The number of amides is 2. The van der Waals surface area contributed by atoms with E-state index in [4.69, 9.17) is 0 Å². The zero-order chi connectivity index (χ0) is 16.4. The van der Waals surface area contributed by atoms with Gasteiger partial charge in [-0.05, 0) is 60.4 Å². The van der Waals surface area contributed by atoms with Crippen molar-refractivity contribution in [2.45, 2.75) is 12.8 Å². The number of halogens is 2. The van der Waals surface area contributed by atoms with E-state index in [1.165, 1.54) is 0 Å². The van der Waals surface area contributed by atoms with Crippen LogP contribution in [0.1, 0.15) is 12.8 Å². The number of carbonyl (C=O) groups is 2. The first-order valence-corrected chi connectivity index (χ1v) is 8.90. The molecule has 2 atom stereocenters. The maximum atomic E-state index is 12.7. The molecule has 3 rings (SSSR count). The molecule has 2 heterocycles. The van der Waals surface area contributed by atoms with E-state index in [-0.39, 0.29) is 24.2 Å². The third kappa shape index (κ3) is 3.76. The molecule has 2 aliphatic rings. The zero-order valence-corrected chi connectivity index (χ0v) is 16.1. The highest BCUT2D eigenvalue weighted by molar-refractivity contribution is 9.10. The Kier molecular flexibility index (Phi) is 6.66. The molecule has 0 saturated carbocycles. The lowest BCUT2D eigenvalue weighted by atomic mass is 10.1. The summed E-state index contributed by atoms with van der Waals surface area (Å²) in [6.07, 6.45) is 1.62. The van der Waals surface area contributed by atoms with Crippen molar-refractivity contribution >= 4 is 45.8 Å². The number of anilines is 1. The Morgan fingerprint density at radius 3 is 2.75 bits per heavy atom. The van der Waals surface area contributed by atoms with Gasteiger partial charge in [-0.2, -0.15) is 0 Å². The van der Waals surface area contributed by atoms with Crippen LogP contribution in [0.5, 0.6) is 0 Å². The lowest BCUT2D eigenvalue weighted by molar-refractivity contribution is -0.139. The molecule has 0 bridgehead atoms. The minimum Gasteiger partial charge on any atom is -0.342 e. The zero-order valence-electron chi connectivity index (χ0n) is 13.7. The molecule has 1 aromatic rings. The molecule has 132 valence electrons. The number of carbonyl (C=O) groups excluding carboxylic acids is 2. The van der Waals surface area contributed by atoms with Crippen LogP contribution in [0.15, 0.2) is 28.7 Å². The Morgan fingerprint density at radius 2 is 2.04 bits per heavy atom. The summed E-state index contributed by atoms with van der Waals surface area (Å²) < 4.78 is 0.886. The van der Waals surface area contributed by atoms with E-state index in [2.05, 4.69) is 21.2 Å². The molecule has 2 saturated heterocycles. The van der Waals surface area contributed by atoms with E-state index in [9.17, 15) is 9.59 Å². The number of nitrogens with zero attached hydrogens (tertiary/aromatic N) is 2. The summed E-state index contributed by atoms with van der Waals surface area (Å²) in [7, 11) is 1.93. The van der Waals surface area contributed by atoms with Crippen LogP contribution >= 0.6 is 28.3 Å². The third-order valence-corrected chi connectivity index (χ3v) is 5.41. The van der Waals surface area contributed by atoms with Crippen LogP contribution in [0.4, 0.5) is 5.69 Å². The lowest BCUT2D eigenvalue weighted by Gasteiger charge is -2.21. The quantitative estimate of drug-likeness (QED) is 0.766. The lowest BCUT2D eigenvalue weighted by Crippen LogP contribution is -2.39. The van der Waals surface area contributed by atoms with E-state index in [0.717, 1.165) is 36.2 Å². The molecule has 2 amide bonds. The number of rotatable bonds is 4. The van der Waals surface area contributed by atoms with E-state index >= 15 is 0 Å². The first-order valence-electron chi connectivity index (χ1n) is 8.11. The van der Waals surface area contributed by atoms with Crippen molar-refractivity contribution in [2.75, 3.05) is 38.1 Å². The molecular formula is C17H23BrClN3O2. The molecule has 1 aromatic carbocycles. The van der Waals surface area contributed by atoms with Crippen molar-refractivity contribution in [3.05, 3.63) is 28.7 Å². The fourth-order valence-corrected chi connectivity index (χ4v) is 4.03. The Bertz CT molecular complexity index is 613. The number of nitrogens with one attached hydrogen (secondary N) is 1. The Balaban J connectivity index is 0.00000208. The Morgan fingerprint density at radius 1 is 1.29 bits per heavy atom. The maximum Gasteiger partial charge on any atom is 0.239 e. The molecule has 2 fully saturated rings.